The predicted molar refractivity (Wildman–Crippen MR) is 93.2 cm³/mol. The number of hydrogen-bond donors (Lipinski definition) is 3. The summed E-state index contributed by atoms with van der Waals surface area (Å²) in [5.41, 5.74) is 5.62. The monoisotopic (exact) mass is 356 g/mol. The van der Waals surface area contributed by atoms with Crippen molar-refractivity contribution >= 4 is 29.1 Å². The summed E-state index contributed by atoms with van der Waals surface area (Å²) in [6.07, 6.45) is -0.391. The van der Waals surface area contributed by atoms with Crippen molar-refractivity contribution in [1.82, 2.24) is 5.32 Å². The normalized spacial score (nSPS) is 11.2. The van der Waals surface area contributed by atoms with Crippen LogP contribution in [0.25, 0.3) is 0 Å². The molecule has 9 nitrogen and oxygen atoms in total. The maximum Gasteiger partial charge on any atom is 0.269 e. The zero-order valence-electron chi connectivity index (χ0n) is 13.5. The van der Waals surface area contributed by atoms with Crippen molar-refractivity contribution in [1.29, 1.82) is 0 Å². The minimum atomic E-state index is -1.18. The van der Waals surface area contributed by atoms with E-state index in [2.05, 4.69) is 10.6 Å². The SMILES string of the molecule is NC(=O)C[C@H](NC(=O)c1ccccc1)C(=O)Nc1ccc([N+](=O)[O-])cc1. The van der Waals surface area contributed by atoms with Crippen LogP contribution in [-0.4, -0.2) is 28.7 Å². The van der Waals surface area contributed by atoms with E-state index in [1.165, 1.54) is 24.3 Å². The molecule has 26 heavy (non-hydrogen) atoms. The first-order valence-corrected chi connectivity index (χ1v) is 7.56. The highest BCUT2D eigenvalue weighted by Crippen LogP contribution is 2.15. The Bertz CT molecular complexity index is 821. The van der Waals surface area contributed by atoms with Crippen LogP contribution in [-0.2, 0) is 9.59 Å². The molecule has 0 aliphatic rings. The van der Waals surface area contributed by atoms with Gasteiger partial charge in [0, 0.05) is 23.4 Å². The molecule has 1 atom stereocenters. The van der Waals surface area contributed by atoms with Gasteiger partial charge < -0.3 is 16.4 Å². The summed E-state index contributed by atoms with van der Waals surface area (Å²) in [5.74, 6) is -1.96. The largest absolute Gasteiger partial charge is 0.370 e. The van der Waals surface area contributed by atoms with E-state index in [-0.39, 0.29) is 11.4 Å². The lowest BCUT2D eigenvalue weighted by molar-refractivity contribution is -0.384. The number of primary amides is 1. The second-order valence-electron chi connectivity index (χ2n) is 5.36. The fourth-order valence-electron chi connectivity index (χ4n) is 2.14. The van der Waals surface area contributed by atoms with Crippen LogP contribution in [0.3, 0.4) is 0 Å². The Kier molecular flexibility index (Phi) is 5.99. The van der Waals surface area contributed by atoms with E-state index in [4.69, 9.17) is 5.73 Å². The van der Waals surface area contributed by atoms with E-state index >= 15 is 0 Å². The molecule has 2 aromatic rings. The fourth-order valence-corrected chi connectivity index (χ4v) is 2.14. The molecule has 0 heterocycles. The Labute approximate surface area is 148 Å². The van der Waals surface area contributed by atoms with Gasteiger partial charge in [-0.1, -0.05) is 18.2 Å². The molecule has 9 heteroatoms. The van der Waals surface area contributed by atoms with E-state index < -0.39 is 35.1 Å². The molecule has 2 rings (SSSR count). The number of rotatable bonds is 7. The van der Waals surface area contributed by atoms with Crippen molar-refractivity contribution in [2.45, 2.75) is 12.5 Å². The van der Waals surface area contributed by atoms with E-state index in [1.54, 1.807) is 30.3 Å². The number of hydrogen-bond acceptors (Lipinski definition) is 5. The number of anilines is 1. The molecule has 0 aromatic heterocycles. The van der Waals surface area contributed by atoms with Crippen LogP contribution in [0, 0.1) is 10.1 Å². The molecular weight excluding hydrogens is 340 g/mol. The molecule has 0 saturated heterocycles. The summed E-state index contributed by atoms with van der Waals surface area (Å²) in [5, 5.41) is 15.6. The number of benzene rings is 2. The lowest BCUT2D eigenvalue weighted by atomic mass is 10.1. The van der Waals surface area contributed by atoms with Crippen molar-refractivity contribution in [3.8, 4) is 0 Å². The summed E-state index contributed by atoms with van der Waals surface area (Å²) < 4.78 is 0. The molecule has 0 unspecified atom stereocenters. The number of carbonyl (C=O) groups excluding carboxylic acids is 3. The maximum absolute atomic E-state index is 12.4. The molecule has 0 bridgehead atoms. The first-order chi connectivity index (χ1) is 12.4. The second-order valence-corrected chi connectivity index (χ2v) is 5.36. The zero-order chi connectivity index (χ0) is 19.1. The van der Waals surface area contributed by atoms with Gasteiger partial charge in [0.1, 0.15) is 6.04 Å². The summed E-state index contributed by atoms with van der Waals surface area (Å²) in [6.45, 7) is 0. The smallest absolute Gasteiger partial charge is 0.269 e. The standard InChI is InChI=1S/C17H16N4O5/c18-15(22)10-14(20-16(23)11-4-2-1-3-5-11)17(24)19-12-6-8-13(9-7-12)21(25)26/h1-9,14H,10H2,(H2,18,22)(H,19,24)(H,20,23)/t14-/m0/s1. The molecular formula is C17H16N4O5. The van der Waals surface area contributed by atoms with Gasteiger partial charge in [0.05, 0.1) is 11.3 Å². The van der Waals surface area contributed by atoms with E-state index in [0.29, 0.717) is 5.56 Å². The van der Waals surface area contributed by atoms with Gasteiger partial charge in [0.15, 0.2) is 0 Å². The van der Waals surface area contributed by atoms with Crippen LogP contribution in [0.1, 0.15) is 16.8 Å². The van der Waals surface area contributed by atoms with Gasteiger partial charge in [-0.2, -0.15) is 0 Å². The zero-order valence-corrected chi connectivity index (χ0v) is 13.5. The van der Waals surface area contributed by atoms with Gasteiger partial charge in [-0.15, -0.1) is 0 Å². The summed E-state index contributed by atoms with van der Waals surface area (Å²) in [6, 6.07) is 12.1. The Morgan fingerprint density at radius 2 is 1.65 bits per heavy atom. The third kappa shape index (κ3) is 5.13. The molecule has 0 saturated carbocycles. The van der Waals surface area contributed by atoms with E-state index in [9.17, 15) is 24.5 Å². The number of carbonyl (C=O) groups is 3. The summed E-state index contributed by atoms with van der Waals surface area (Å²) in [4.78, 5) is 45.9. The number of nitro benzene ring substituents is 1. The maximum atomic E-state index is 12.4. The number of nitro groups is 1. The highest BCUT2D eigenvalue weighted by Gasteiger charge is 2.23. The number of nitrogens with two attached hydrogens (primary N) is 1. The van der Waals surface area contributed by atoms with Gasteiger partial charge in [-0.3, -0.25) is 24.5 Å². The number of nitrogens with one attached hydrogen (secondary N) is 2. The van der Waals surface area contributed by atoms with Crippen LogP contribution in [0.4, 0.5) is 11.4 Å². The van der Waals surface area contributed by atoms with Crippen molar-refractivity contribution in [3.63, 3.8) is 0 Å². The van der Waals surface area contributed by atoms with E-state index in [1.807, 2.05) is 0 Å². The van der Waals surface area contributed by atoms with Crippen molar-refractivity contribution in [2.24, 2.45) is 5.73 Å². The molecule has 134 valence electrons. The molecule has 3 amide bonds. The fraction of sp³-hybridized carbons (Fsp3) is 0.118. The Morgan fingerprint density at radius 1 is 1.04 bits per heavy atom. The van der Waals surface area contributed by atoms with Crippen LogP contribution >= 0.6 is 0 Å². The lowest BCUT2D eigenvalue weighted by Crippen LogP contribution is -2.46. The lowest BCUT2D eigenvalue weighted by Gasteiger charge is -2.17. The van der Waals surface area contributed by atoms with Gasteiger partial charge in [-0.05, 0) is 24.3 Å². The molecule has 0 spiro atoms. The summed E-state index contributed by atoms with van der Waals surface area (Å²) >= 11 is 0. The molecule has 2 aromatic carbocycles. The minimum absolute atomic E-state index is 0.130. The number of amides is 3. The quantitative estimate of drug-likeness (QED) is 0.504. The average molecular weight is 356 g/mol. The van der Waals surface area contributed by atoms with Crippen LogP contribution in [0.5, 0.6) is 0 Å². The van der Waals surface area contributed by atoms with Crippen molar-refractivity contribution in [2.75, 3.05) is 5.32 Å². The second kappa shape index (κ2) is 8.38. The summed E-state index contributed by atoms with van der Waals surface area (Å²) in [7, 11) is 0. The van der Waals surface area contributed by atoms with Gasteiger partial charge >= 0.3 is 0 Å². The predicted octanol–water partition coefficient (Wildman–Crippen LogP) is 1.21. The van der Waals surface area contributed by atoms with Gasteiger partial charge in [0.2, 0.25) is 11.8 Å². The highest BCUT2D eigenvalue weighted by atomic mass is 16.6. The average Bonchev–Trinajstić information content (AvgIpc) is 2.62. The molecule has 0 radical (unpaired) electrons. The first kappa shape index (κ1) is 18.6. The van der Waals surface area contributed by atoms with Crippen LogP contribution in [0.15, 0.2) is 54.6 Å². The number of nitrogens with zero attached hydrogens (tertiary/aromatic N) is 1. The third-order valence-corrected chi connectivity index (χ3v) is 3.41. The first-order valence-electron chi connectivity index (χ1n) is 7.56. The number of non-ortho nitro benzene ring substituents is 1. The Hall–Kier alpha value is -3.75. The molecule has 0 aliphatic heterocycles. The minimum Gasteiger partial charge on any atom is -0.370 e. The van der Waals surface area contributed by atoms with Gasteiger partial charge in [-0.25, -0.2) is 0 Å². The van der Waals surface area contributed by atoms with Gasteiger partial charge in [0.25, 0.3) is 11.6 Å². The van der Waals surface area contributed by atoms with E-state index in [0.717, 1.165) is 0 Å². The van der Waals surface area contributed by atoms with Crippen molar-refractivity contribution in [3.05, 3.63) is 70.3 Å². The molecule has 4 N–H and O–H groups in total. The molecule has 0 fully saturated rings. The van der Waals surface area contributed by atoms with Crippen LogP contribution in [0.2, 0.25) is 0 Å². The molecule has 0 aliphatic carbocycles. The topological polar surface area (TPSA) is 144 Å². The highest BCUT2D eigenvalue weighted by molar-refractivity contribution is 6.02. The van der Waals surface area contributed by atoms with Crippen LogP contribution < -0.4 is 16.4 Å². The van der Waals surface area contributed by atoms with Crippen molar-refractivity contribution < 1.29 is 19.3 Å². The Morgan fingerprint density at radius 3 is 2.19 bits per heavy atom. The Balaban J connectivity index is 2.09. The third-order valence-electron chi connectivity index (χ3n) is 3.41.